The highest BCUT2D eigenvalue weighted by molar-refractivity contribution is 5.80. The number of esters is 1. The van der Waals surface area contributed by atoms with Crippen LogP contribution in [0.15, 0.2) is 11.6 Å². The summed E-state index contributed by atoms with van der Waals surface area (Å²) in [6, 6.07) is 0. The Morgan fingerprint density at radius 3 is 1.83 bits per heavy atom. The van der Waals surface area contributed by atoms with Crippen molar-refractivity contribution < 1.29 is 124 Å². The monoisotopic (exact) mass is 1180 g/mol. The normalized spacial score (nSPS) is 54.8. The van der Waals surface area contributed by atoms with Gasteiger partial charge in [0.25, 0.3) is 0 Å². The quantitative estimate of drug-likeness (QED) is 0.0588. The van der Waals surface area contributed by atoms with Crippen molar-refractivity contribution in [3.63, 3.8) is 0 Å². The van der Waals surface area contributed by atoms with Gasteiger partial charge in [-0.3, -0.25) is 4.79 Å². The van der Waals surface area contributed by atoms with Gasteiger partial charge >= 0.3 is 5.97 Å². The van der Waals surface area contributed by atoms with E-state index >= 15 is 4.79 Å². The first kappa shape index (κ1) is 63.3. The van der Waals surface area contributed by atoms with Gasteiger partial charge in [0.15, 0.2) is 31.3 Å². The van der Waals surface area contributed by atoms with E-state index in [1.54, 1.807) is 0 Å². The first-order valence-electron chi connectivity index (χ1n) is 29.5. The van der Waals surface area contributed by atoms with Crippen molar-refractivity contribution >= 4 is 5.97 Å². The molecule has 0 amide bonds. The van der Waals surface area contributed by atoms with Crippen molar-refractivity contribution in [2.75, 3.05) is 26.4 Å². The van der Waals surface area contributed by atoms with Crippen LogP contribution < -0.4 is 0 Å². The minimum atomic E-state index is -1.95. The third-order valence-electron chi connectivity index (χ3n) is 22.3. The zero-order chi connectivity index (χ0) is 59.7. The van der Waals surface area contributed by atoms with E-state index in [1.165, 1.54) is 6.92 Å². The molecule has 0 aromatic rings. The van der Waals surface area contributed by atoms with Gasteiger partial charge in [-0.2, -0.15) is 0 Å². The summed E-state index contributed by atoms with van der Waals surface area (Å²) in [5.74, 6) is -0.982. The third kappa shape index (κ3) is 10.4. The lowest BCUT2D eigenvalue weighted by molar-refractivity contribution is -0.375. The Kier molecular flexibility index (Phi) is 17.8. The number of rotatable bonds is 11. The van der Waals surface area contributed by atoms with E-state index in [0.717, 1.165) is 24.8 Å². The molecule has 14 N–H and O–H groups in total. The molecule has 5 aliphatic carbocycles. The van der Waals surface area contributed by atoms with Crippen LogP contribution in [0.5, 0.6) is 0 Å². The molecule has 5 heterocycles. The fourth-order valence-corrected chi connectivity index (χ4v) is 17.2. The van der Waals surface area contributed by atoms with Crippen LogP contribution in [-0.2, 0) is 52.2 Å². The second kappa shape index (κ2) is 23.0. The van der Waals surface area contributed by atoms with E-state index in [9.17, 15) is 71.5 Å². The van der Waals surface area contributed by atoms with Crippen LogP contribution in [0.1, 0.15) is 113 Å². The summed E-state index contributed by atoms with van der Waals surface area (Å²) < 4.78 is 59.1. The molecule has 470 valence electrons. The molecular formula is C57H92O25. The Balaban J connectivity index is 0.844. The van der Waals surface area contributed by atoms with E-state index < -0.39 is 196 Å². The number of carbonyl (C=O) groups excluding carboxylic acids is 1. The molecule has 31 atom stereocenters. The van der Waals surface area contributed by atoms with Gasteiger partial charge in [0.2, 0.25) is 6.29 Å². The van der Waals surface area contributed by atoms with Crippen LogP contribution in [0.2, 0.25) is 0 Å². The molecule has 82 heavy (non-hydrogen) atoms. The third-order valence-corrected chi connectivity index (χ3v) is 22.3. The number of ether oxygens (including phenoxy) is 10. The number of fused-ring (bicyclic) bond motifs is 7. The smallest absolute Gasteiger partial charge is 0.317 e. The number of carbonyl (C=O) groups is 1. The summed E-state index contributed by atoms with van der Waals surface area (Å²) in [7, 11) is 0. The van der Waals surface area contributed by atoms with Crippen molar-refractivity contribution in [2.24, 2.45) is 50.2 Å². The van der Waals surface area contributed by atoms with Crippen LogP contribution in [-0.4, -0.2) is 251 Å². The highest BCUT2D eigenvalue weighted by atomic mass is 16.8. The summed E-state index contributed by atoms with van der Waals surface area (Å²) in [4.78, 5) is 15.4. The predicted octanol–water partition coefficient (Wildman–Crippen LogP) is -2.30. The second-order valence-electron chi connectivity index (χ2n) is 27.8. The Labute approximate surface area is 477 Å². The van der Waals surface area contributed by atoms with Gasteiger partial charge in [-0.05, 0) is 110 Å². The van der Waals surface area contributed by atoms with E-state index in [0.29, 0.717) is 25.7 Å². The summed E-state index contributed by atoms with van der Waals surface area (Å²) in [6.45, 7) is 15.1. The largest absolute Gasteiger partial charge is 0.432 e. The second-order valence-corrected chi connectivity index (χ2v) is 27.8. The molecule has 10 aliphatic rings. The van der Waals surface area contributed by atoms with E-state index in [1.807, 2.05) is 0 Å². The summed E-state index contributed by atoms with van der Waals surface area (Å²) in [5.41, 5.74) is -2.23. The number of aliphatic hydroxyl groups is 14. The fraction of sp³-hybridized carbons (Fsp3) is 0.947. The average Bonchev–Trinajstić information content (AvgIpc) is 0.745. The van der Waals surface area contributed by atoms with Gasteiger partial charge in [-0.15, -0.1) is 0 Å². The molecule has 25 nitrogen and oxygen atoms in total. The number of hydrogen-bond donors (Lipinski definition) is 14. The van der Waals surface area contributed by atoms with Gasteiger partial charge in [0, 0.05) is 0 Å². The Bertz CT molecular complexity index is 2290. The maximum absolute atomic E-state index is 15.4. The molecule has 5 aliphatic heterocycles. The van der Waals surface area contributed by atoms with Gasteiger partial charge in [-0.25, -0.2) is 0 Å². The Morgan fingerprint density at radius 1 is 0.561 bits per heavy atom. The summed E-state index contributed by atoms with van der Waals surface area (Å²) >= 11 is 0. The minimum absolute atomic E-state index is 0.141. The fourth-order valence-electron chi connectivity index (χ4n) is 17.2. The van der Waals surface area contributed by atoms with Gasteiger partial charge in [0.1, 0.15) is 97.0 Å². The molecule has 25 heteroatoms. The van der Waals surface area contributed by atoms with E-state index in [2.05, 4.69) is 54.5 Å². The highest BCUT2D eigenvalue weighted by Crippen LogP contribution is 2.76. The summed E-state index contributed by atoms with van der Waals surface area (Å²) in [6.07, 6.45) is -28.7. The van der Waals surface area contributed by atoms with Crippen LogP contribution >= 0.6 is 0 Å². The number of aliphatic hydroxyl groups excluding tert-OH is 14. The van der Waals surface area contributed by atoms with Crippen molar-refractivity contribution in [1.82, 2.24) is 0 Å². The Hall–Kier alpha value is -1.71. The lowest BCUT2D eigenvalue weighted by atomic mass is 9.33. The van der Waals surface area contributed by atoms with Crippen LogP contribution in [0, 0.1) is 50.2 Å². The molecule has 9 fully saturated rings. The van der Waals surface area contributed by atoms with Crippen molar-refractivity contribution in [1.29, 1.82) is 0 Å². The minimum Gasteiger partial charge on any atom is -0.432 e. The first-order chi connectivity index (χ1) is 38.4. The van der Waals surface area contributed by atoms with Gasteiger partial charge < -0.3 is 119 Å². The summed E-state index contributed by atoms with van der Waals surface area (Å²) in [5, 5.41) is 153. The molecule has 0 aromatic heterocycles. The van der Waals surface area contributed by atoms with Gasteiger partial charge in [0.05, 0.1) is 44.7 Å². The van der Waals surface area contributed by atoms with Crippen LogP contribution in [0.3, 0.4) is 0 Å². The van der Waals surface area contributed by atoms with Crippen LogP contribution in [0.25, 0.3) is 0 Å². The average molecular weight is 1180 g/mol. The van der Waals surface area contributed by atoms with Crippen molar-refractivity contribution in [3.8, 4) is 0 Å². The zero-order valence-corrected chi connectivity index (χ0v) is 48.1. The number of hydrogen-bond acceptors (Lipinski definition) is 25. The maximum atomic E-state index is 15.4. The van der Waals surface area contributed by atoms with Crippen molar-refractivity contribution in [3.05, 3.63) is 11.6 Å². The molecule has 4 saturated carbocycles. The Morgan fingerprint density at radius 2 is 1.15 bits per heavy atom. The van der Waals surface area contributed by atoms with E-state index in [-0.39, 0.29) is 47.0 Å². The molecule has 0 bridgehead atoms. The maximum Gasteiger partial charge on any atom is 0.317 e. The first-order valence-corrected chi connectivity index (χ1v) is 29.5. The molecule has 0 unspecified atom stereocenters. The van der Waals surface area contributed by atoms with Crippen molar-refractivity contribution in [2.45, 2.75) is 261 Å². The SMILES string of the molecule is C[C@@H]1O[C@@H](O[C@@H]2[C@@H](OC(=O)[C@]34CCC(C)(C)C[C@H]3C3=CC[C@@H]5[C@@]6(C)CC[C@H](O[C@@H]7O[C@H](CO)[C@@H](O)[C@H](O)[C@H]7O)C(C)(C)[C@@H]6CC[C@@]5(C)[C@]3(C)C[C@H]4O)OC[C@@H](O)[C@H]2O)[C@H](O)[C@@H](O)[C@H]1O[C@@H]1OC[C@@H](O)[C@H](O[C@@H]2OC[C@@H](O)[C@H](O)[C@H]2O)[C@H]1O. The standard InChI is InChI=1S/C57H92O25/c1-23-43(79-47-42(71)44(28(61)22-74-47)80-46-39(68)34(63)26(59)20-73-46)38(67)41(70)48(76-23)81-45-35(64)27(60)21-75-50(45)82-51(72)57-16-15-52(2,3)17-25(57)24-9-10-31-54(6)13-12-33(78-49-40(69)37(66)36(65)29(19-58)77-49)53(4,5)30(54)11-14-55(31,7)56(24,8)18-32(57)62/h9,23,25-50,58-71H,10-22H2,1-8H3/t23-,25-,26+,27+,28+,29+,30-,31+,32+,33-,34-,35+,36+,37-,38+,39+,40+,41+,42+,43-,44-,45-,46-,47-,48-,49-,50+,54-,55+,56+,57+/m0/s1. The predicted molar refractivity (Wildman–Crippen MR) is 277 cm³/mol. The molecule has 0 spiro atoms. The van der Waals surface area contributed by atoms with Crippen LogP contribution in [0.4, 0.5) is 0 Å². The van der Waals surface area contributed by atoms with E-state index in [4.69, 9.17) is 47.4 Å². The zero-order valence-electron chi connectivity index (χ0n) is 48.1. The molecular weight excluding hydrogens is 1080 g/mol. The molecule has 5 saturated heterocycles. The van der Waals surface area contributed by atoms with Gasteiger partial charge in [-0.1, -0.05) is 60.1 Å². The number of allylic oxidation sites excluding steroid dienone is 2. The highest BCUT2D eigenvalue weighted by Gasteiger charge is 2.72. The topological polar surface area (TPSA) is 393 Å². The molecule has 10 rings (SSSR count). The molecule has 0 radical (unpaired) electrons. The molecule has 0 aromatic carbocycles. The lowest BCUT2D eigenvalue weighted by Crippen LogP contribution is -2.68. The lowest BCUT2D eigenvalue weighted by Gasteiger charge is -2.71.